The van der Waals surface area contributed by atoms with Gasteiger partial charge in [0.2, 0.25) is 10.0 Å². The molecule has 0 aliphatic heterocycles. The first-order valence-electron chi connectivity index (χ1n) is 6.45. The van der Waals surface area contributed by atoms with Gasteiger partial charge < -0.3 is 9.88 Å². The van der Waals surface area contributed by atoms with Crippen LogP contribution in [0.1, 0.15) is 10.4 Å². The van der Waals surface area contributed by atoms with Crippen LogP contribution in [-0.4, -0.2) is 38.2 Å². The van der Waals surface area contributed by atoms with Gasteiger partial charge in [0.05, 0.1) is 5.75 Å². The zero-order valence-corrected chi connectivity index (χ0v) is 12.4. The summed E-state index contributed by atoms with van der Waals surface area (Å²) in [6.07, 6.45) is 3.83. The maximum absolute atomic E-state index is 11.9. The normalized spacial score (nSPS) is 11.3. The Hall–Kier alpha value is -2.12. The summed E-state index contributed by atoms with van der Waals surface area (Å²) in [5.74, 6) is -0.434. The van der Waals surface area contributed by atoms with Crippen molar-refractivity contribution in [2.45, 2.75) is 0 Å². The molecule has 0 radical (unpaired) electrons. The molecule has 0 atom stereocenters. The SMILES string of the molecule is CNS(=O)(=O)CCNC(=O)c1ccc(-n2cccc2)cc1. The molecule has 0 aliphatic carbocycles. The number of benzene rings is 1. The van der Waals surface area contributed by atoms with Crippen molar-refractivity contribution in [2.75, 3.05) is 19.3 Å². The fourth-order valence-corrected chi connectivity index (χ4v) is 2.37. The van der Waals surface area contributed by atoms with E-state index in [1.54, 1.807) is 12.1 Å². The van der Waals surface area contributed by atoms with E-state index < -0.39 is 10.0 Å². The number of hydrogen-bond acceptors (Lipinski definition) is 3. The molecule has 0 fully saturated rings. The number of aromatic nitrogens is 1. The van der Waals surface area contributed by atoms with Crippen LogP contribution < -0.4 is 10.0 Å². The second kappa shape index (κ2) is 6.55. The summed E-state index contributed by atoms with van der Waals surface area (Å²) in [6.45, 7) is 0.0708. The van der Waals surface area contributed by atoms with Crippen LogP contribution in [0.5, 0.6) is 0 Å². The average molecular weight is 307 g/mol. The molecule has 21 heavy (non-hydrogen) atoms. The molecule has 6 nitrogen and oxygen atoms in total. The first kappa shape index (κ1) is 15.3. The highest BCUT2D eigenvalue weighted by Gasteiger charge is 2.09. The largest absolute Gasteiger partial charge is 0.351 e. The molecule has 1 amide bonds. The van der Waals surface area contributed by atoms with Crippen molar-refractivity contribution in [3.05, 3.63) is 54.4 Å². The van der Waals surface area contributed by atoms with Crippen molar-refractivity contribution in [1.29, 1.82) is 0 Å². The van der Waals surface area contributed by atoms with Gasteiger partial charge >= 0.3 is 0 Å². The third kappa shape index (κ3) is 4.17. The van der Waals surface area contributed by atoms with E-state index in [0.29, 0.717) is 5.56 Å². The van der Waals surface area contributed by atoms with E-state index in [4.69, 9.17) is 0 Å². The average Bonchev–Trinajstić information content (AvgIpc) is 3.01. The smallest absolute Gasteiger partial charge is 0.251 e. The number of hydrogen-bond donors (Lipinski definition) is 2. The highest BCUT2D eigenvalue weighted by Crippen LogP contribution is 2.09. The van der Waals surface area contributed by atoms with Crippen molar-refractivity contribution in [1.82, 2.24) is 14.6 Å². The minimum Gasteiger partial charge on any atom is -0.351 e. The maximum Gasteiger partial charge on any atom is 0.251 e. The second-order valence-corrected chi connectivity index (χ2v) is 6.46. The van der Waals surface area contributed by atoms with Crippen molar-refractivity contribution in [2.24, 2.45) is 0 Å². The lowest BCUT2D eigenvalue weighted by Crippen LogP contribution is -2.32. The van der Waals surface area contributed by atoms with E-state index in [1.807, 2.05) is 41.2 Å². The van der Waals surface area contributed by atoms with Crippen LogP contribution in [0.3, 0.4) is 0 Å². The zero-order valence-electron chi connectivity index (χ0n) is 11.6. The molecule has 0 spiro atoms. The van der Waals surface area contributed by atoms with E-state index in [-0.39, 0.29) is 18.2 Å². The first-order chi connectivity index (χ1) is 10.0. The predicted molar refractivity (Wildman–Crippen MR) is 80.9 cm³/mol. The number of nitrogens with one attached hydrogen (secondary N) is 2. The Balaban J connectivity index is 1.94. The van der Waals surface area contributed by atoms with Crippen molar-refractivity contribution >= 4 is 15.9 Å². The third-order valence-corrected chi connectivity index (χ3v) is 4.36. The molecule has 1 heterocycles. The van der Waals surface area contributed by atoms with Gasteiger partial charge in [0.15, 0.2) is 0 Å². The minimum absolute atomic E-state index is 0.0708. The van der Waals surface area contributed by atoms with E-state index >= 15 is 0 Å². The summed E-state index contributed by atoms with van der Waals surface area (Å²) in [5.41, 5.74) is 1.45. The van der Waals surface area contributed by atoms with Gasteiger partial charge in [0.25, 0.3) is 5.91 Å². The highest BCUT2D eigenvalue weighted by atomic mass is 32.2. The van der Waals surface area contributed by atoms with Gasteiger partial charge in [-0.3, -0.25) is 4.79 Å². The Bertz CT molecular complexity index is 692. The van der Waals surface area contributed by atoms with Gasteiger partial charge in [-0.05, 0) is 43.4 Å². The maximum atomic E-state index is 11.9. The van der Waals surface area contributed by atoms with Gasteiger partial charge in [-0.25, -0.2) is 13.1 Å². The van der Waals surface area contributed by atoms with Crippen molar-refractivity contribution in [3.63, 3.8) is 0 Å². The van der Waals surface area contributed by atoms with Crippen LogP contribution in [0.15, 0.2) is 48.8 Å². The Morgan fingerprint density at radius 1 is 1.14 bits per heavy atom. The molecule has 2 aromatic rings. The summed E-state index contributed by atoms with van der Waals surface area (Å²) >= 11 is 0. The zero-order chi connectivity index (χ0) is 15.3. The van der Waals surface area contributed by atoms with Crippen molar-refractivity contribution < 1.29 is 13.2 Å². The van der Waals surface area contributed by atoms with Gasteiger partial charge in [0, 0.05) is 30.2 Å². The van der Waals surface area contributed by atoms with Crippen LogP contribution >= 0.6 is 0 Å². The number of carbonyl (C=O) groups is 1. The molecule has 1 aromatic heterocycles. The van der Waals surface area contributed by atoms with Gasteiger partial charge in [-0.2, -0.15) is 0 Å². The molecule has 0 saturated heterocycles. The fourth-order valence-electron chi connectivity index (χ4n) is 1.79. The summed E-state index contributed by atoms with van der Waals surface area (Å²) in [4.78, 5) is 11.9. The Morgan fingerprint density at radius 2 is 1.76 bits per heavy atom. The van der Waals surface area contributed by atoms with E-state index in [0.717, 1.165) is 5.69 Å². The van der Waals surface area contributed by atoms with Crippen LogP contribution in [0.4, 0.5) is 0 Å². The van der Waals surface area contributed by atoms with Gasteiger partial charge in [0.1, 0.15) is 0 Å². The topological polar surface area (TPSA) is 80.2 Å². The molecular weight excluding hydrogens is 290 g/mol. The van der Waals surface area contributed by atoms with E-state index in [2.05, 4.69) is 10.0 Å². The molecular formula is C14H17N3O3S. The Labute approximate surface area is 123 Å². The molecule has 2 rings (SSSR count). The molecule has 1 aromatic carbocycles. The predicted octanol–water partition coefficient (Wildman–Crippen LogP) is 0.756. The van der Waals surface area contributed by atoms with E-state index in [9.17, 15) is 13.2 Å². The summed E-state index contributed by atoms with van der Waals surface area (Å²) in [5, 5.41) is 2.58. The molecule has 0 aliphatic rings. The van der Waals surface area contributed by atoms with Crippen LogP contribution in [0.2, 0.25) is 0 Å². The molecule has 112 valence electrons. The molecule has 7 heteroatoms. The number of rotatable bonds is 6. The minimum atomic E-state index is -3.30. The summed E-state index contributed by atoms with van der Waals surface area (Å²) < 4.78 is 26.6. The Morgan fingerprint density at radius 3 is 2.33 bits per heavy atom. The number of sulfonamides is 1. The third-order valence-electron chi connectivity index (χ3n) is 3.00. The molecule has 0 saturated carbocycles. The molecule has 0 unspecified atom stereocenters. The lowest BCUT2D eigenvalue weighted by atomic mass is 10.2. The van der Waals surface area contributed by atoms with Gasteiger partial charge in [-0.1, -0.05) is 0 Å². The fraction of sp³-hybridized carbons (Fsp3) is 0.214. The highest BCUT2D eigenvalue weighted by molar-refractivity contribution is 7.89. The monoisotopic (exact) mass is 307 g/mol. The lowest BCUT2D eigenvalue weighted by molar-refractivity contribution is 0.0956. The second-order valence-electron chi connectivity index (χ2n) is 4.42. The van der Waals surface area contributed by atoms with Crippen LogP contribution in [0.25, 0.3) is 5.69 Å². The molecule has 0 bridgehead atoms. The molecule has 2 N–H and O–H groups in total. The number of amides is 1. The van der Waals surface area contributed by atoms with Crippen LogP contribution in [-0.2, 0) is 10.0 Å². The van der Waals surface area contributed by atoms with E-state index in [1.165, 1.54) is 7.05 Å². The number of nitrogens with zero attached hydrogens (tertiary/aromatic N) is 1. The quantitative estimate of drug-likeness (QED) is 0.826. The van der Waals surface area contributed by atoms with Crippen molar-refractivity contribution in [3.8, 4) is 5.69 Å². The van der Waals surface area contributed by atoms with Gasteiger partial charge in [-0.15, -0.1) is 0 Å². The lowest BCUT2D eigenvalue weighted by Gasteiger charge is -2.07. The van der Waals surface area contributed by atoms with Crippen LogP contribution in [0, 0.1) is 0 Å². The summed E-state index contributed by atoms with van der Waals surface area (Å²) in [6, 6.07) is 10.9. The standard InChI is InChI=1S/C14H17N3O3S/c1-15-21(19,20)11-8-16-14(18)12-4-6-13(7-5-12)17-9-2-3-10-17/h2-7,9-10,15H,8,11H2,1H3,(H,16,18). The first-order valence-corrected chi connectivity index (χ1v) is 8.10. The number of carbonyl (C=O) groups excluding carboxylic acids is 1. The summed E-state index contributed by atoms with van der Waals surface area (Å²) in [7, 11) is -1.96. The Kier molecular flexibility index (Phi) is 4.77.